The predicted octanol–water partition coefficient (Wildman–Crippen LogP) is 3.76. The van der Waals surface area contributed by atoms with Gasteiger partial charge in [0.25, 0.3) is 0 Å². The topological polar surface area (TPSA) is 64.1 Å². The second-order valence-corrected chi connectivity index (χ2v) is 6.15. The SMILES string of the molecule is CN=C(NCc1cccc(OC)c1OC)NCC(C)Oc1ccccc1C.I. The highest BCUT2D eigenvalue weighted by Crippen LogP contribution is 2.30. The van der Waals surface area contributed by atoms with Gasteiger partial charge < -0.3 is 24.8 Å². The molecule has 7 heteroatoms. The van der Waals surface area contributed by atoms with Crippen LogP contribution in [0.4, 0.5) is 0 Å². The van der Waals surface area contributed by atoms with Gasteiger partial charge in [-0.05, 0) is 31.5 Å². The molecule has 0 bridgehead atoms. The van der Waals surface area contributed by atoms with Crippen molar-refractivity contribution >= 4 is 29.9 Å². The van der Waals surface area contributed by atoms with Crippen LogP contribution in [0.5, 0.6) is 17.2 Å². The summed E-state index contributed by atoms with van der Waals surface area (Å²) in [6.07, 6.45) is -0.00370. The molecule has 0 amide bonds. The standard InChI is InChI=1S/C21H29N3O3.HI/c1-15-9-6-7-11-18(15)27-16(2)13-23-21(22-3)24-14-17-10-8-12-19(25-4)20(17)26-5;/h6-12,16H,13-14H2,1-5H3,(H2,22,23,24);1H. The lowest BCUT2D eigenvalue weighted by molar-refractivity contribution is 0.222. The lowest BCUT2D eigenvalue weighted by atomic mass is 10.2. The Kier molecular flexibility index (Phi) is 10.5. The van der Waals surface area contributed by atoms with Crippen molar-refractivity contribution in [3.63, 3.8) is 0 Å². The maximum absolute atomic E-state index is 5.99. The van der Waals surface area contributed by atoms with E-state index in [9.17, 15) is 0 Å². The molecular weight excluding hydrogens is 469 g/mol. The first-order valence-electron chi connectivity index (χ1n) is 8.95. The van der Waals surface area contributed by atoms with Crippen LogP contribution in [-0.4, -0.2) is 39.9 Å². The Morgan fingerprint density at radius 1 is 1.00 bits per heavy atom. The number of benzene rings is 2. The summed E-state index contributed by atoms with van der Waals surface area (Å²) < 4.78 is 16.8. The summed E-state index contributed by atoms with van der Waals surface area (Å²) >= 11 is 0. The maximum atomic E-state index is 5.99. The monoisotopic (exact) mass is 499 g/mol. The zero-order chi connectivity index (χ0) is 19.6. The van der Waals surface area contributed by atoms with Crippen LogP contribution >= 0.6 is 24.0 Å². The van der Waals surface area contributed by atoms with Crippen molar-refractivity contribution in [2.24, 2.45) is 4.99 Å². The smallest absolute Gasteiger partial charge is 0.191 e. The molecule has 0 radical (unpaired) electrons. The van der Waals surface area contributed by atoms with Gasteiger partial charge in [0.1, 0.15) is 11.9 Å². The number of para-hydroxylation sites is 2. The Balaban J connectivity index is 0.00000392. The molecule has 0 heterocycles. The number of aryl methyl sites for hydroxylation is 1. The van der Waals surface area contributed by atoms with Gasteiger partial charge in [-0.1, -0.05) is 30.3 Å². The molecule has 2 aromatic carbocycles. The van der Waals surface area contributed by atoms with E-state index in [4.69, 9.17) is 14.2 Å². The van der Waals surface area contributed by atoms with Gasteiger partial charge in [0, 0.05) is 19.2 Å². The molecule has 1 unspecified atom stereocenters. The van der Waals surface area contributed by atoms with E-state index < -0.39 is 0 Å². The second kappa shape index (κ2) is 12.3. The van der Waals surface area contributed by atoms with Gasteiger partial charge in [-0.25, -0.2) is 0 Å². The Morgan fingerprint density at radius 2 is 1.71 bits per heavy atom. The molecule has 0 aliphatic heterocycles. The molecule has 0 saturated heterocycles. The summed E-state index contributed by atoms with van der Waals surface area (Å²) in [6, 6.07) is 13.8. The summed E-state index contributed by atoms with van der Waals surface area (Å²) in [6.45, 7) is 5.26. The number of methoxy groups -OCH3 is 2. The van der Waals surface area contributed by atoms with Crippen LogP contribution < -0.4 is 24.8 Å². The van der Waals surface area contributed by atoms with Crippen molar-refractivity contribution in [1.29, 1.82) is 0 Å². The number of aliphatic imine (C=N–C) groups is 1. The largest absolute Gasteiger partial charge is 0.493 e. The second-order valence-electron chi connectivity index (χ2n) is 6.15. The molecule has 0 fully saturated rings. The summed E-state index contributed by atoms with van der Waals surface area (Å²) in [4.78, 5) is 4.26. The van der Waals surface area contributed by atoms with Crippen molar-refractivity contribution in [2.45, 2.75) is 26.5 Å². The number of hydrogen-bond acceptors (Lipinski definition) is 4. The summed E-state index contributed by atoms with van der Waals surface area (Å²) in [5, 5.41) is 6.58. The molecular formula is C21H30IN3O3. The third-order valence-corrected chi connectivity index (χ3v) is 4.13. The summed E-state index contributed by atoms with van der Waals surface area (Å²) in [5.41, 5.74) is 2.11. The van der Waals surface area contributed by atoms with Crippen molar-refractivity contribution in [3.05, 3.63) is 53.6 Å². The van der Waals surface area contributed by atoms with Gasteiger partial charge in [0.2, 0.25) is 0 Å². The normalized spacial score (nSPS) is 11.8. The molecule has 0 saturated carbocycles. The Hall–Kier alpha value is -2.16. The van der Waals surface area contributed by atoms with Gasteiger partial charge >= 0.3 is 0 Å². The molecule has 154 valence electrons. The predicted molar refractivity (Wildman–Crippen MR) is 124 cm³/mol. The highest BCUT2D eigenvalue weighted by molar-refractivity contribution is 14.0. The molecule has 1 atom stereocenters. The van der Waals surface area contributed by atoms with Gasteiger partial charge in [-0.3, -0.25) is 4.99 Å². The van der Waals surface area contributed by atoms with Crippen LogP contribution in [0.25, 0.3) is 0 Å². The van der Waals surface area contributed by atoms with Gasteiger partial charge in [0.05, 0.1) is 20.8 Å². The molecule has 6 nitrogen and oxygen atoms in total. The molecule has 0 spiro atoms. The minimum absolute atomic E-state index is 0. The fourth-order valence-corrected chi connectivity index (χ4v) is 2.68. The lowest BCUT2D eigenvalue weighted by Crippen LogP contribution is -2.41. The molecule has 2 rings (SSSR count). The van der Waals surface area contributed by atoms with E-state index in [1.807, 2.05) is 56.3 Å². The van der Waals surface area contributed by atoms with Crippen LogP contribution in [-0.2, 0) is 6.54 Å². The summed E-state index contributed by atoms with van der Waals surface area (Å²) in [7, 11) is 5.01. The Bertz CT molecular complexity index is 768. The minimum Gasteiger partial charge on any atom is -0.493 e. The van der Waals surface area contributed by atoms with Crippen LogP contribution in [0.3, 0.4) is 0 Å². The van der Waals surface area contributed by atoms with E-state index in [1.165, 1.54) is 0 Å². The van der Waals surface area contributed by atoms with E-state index in [0.717, 1.165) is 22.6 Å². The van der Waals surface area contributed by atoms with E-state index in [1.54, 1.807) is 21.3 Å². The molecule has 0 aliphatic rings. The minimum atomic E-state index is -0.00370. The zero-order valence-electron chi connectivity index (χ0n) is 17.1. The average Bonchev–Trinajstić information content (AvgIpc) is 2.69. The number of hydrogen-bond donors (Lipinski definition) is 2. The molecule has 0 aromatic heterocycles. The van der Waals surface area contributed by atoms with Crippen molar-refractivity contribution < 1.29 is 14.2 Å². The average molecular weight is 499 g/mol. The number of nitrogens with zero attached hydrogens (tertiary/aromatic N) is 1. The van der Waals surface area contributed by atoms with Gasteiger partial charge in [-0.2, -0.15) is 0 Å². The van der Waals surface area contributed by atoms with E-state index in [0.29, 0.717) is 24.8 Å². The lowest BCUT2D eigenvalue weighted by Gasteiger charge is -2.19. The van der Waals surface area contributed by atoms with E-state index >= 15 is 0 Å². The number of guanidine groups is 1. The van der Waals surface area contributed by atoms with E-state index in [2.05, 4.69) is 15.6 Å². The molecule has 28 heavy (non-hydrogen) atoms. The van der Waals surface area contributed by atoms with Crippen LogP contribution in [0.2, 0.25) is 0 Å². The highest BCUT2D eigenvalue weighted by Gasteiger charge is 2.11. The zero-order valence-corrected chi connectivity index (χ0v) is 19.4. The third-order valence-electron chi connectivity index (χ3n) is 4.13. The summed E-state index contributed by atoms with van der Waals surface area (Å²) in [5.74, 6) is 3.02. The quantitative estimate of drug-likeness (QED) is 0.329. The van der Waals surface area contributed by atoms with Gasteiger partial charge in [0.15, 0.2) is 17.5 Å². The third kappa shape index (κ3) is 6.78. The highest BCUT2D eigenvalue weighted by atomic mass is 127. The first kappa shape index (κ1) is 23.9. The number of halogens is 1. The van der Waals surface area contributed by atoms with E-state index in [-0.39, 0.29) is 30.1 Å². The van der Waals surface area contributed by atoms with Crippen LogP contribution in [0.15, 0.2) is 47.5 Å². The number of rotatable bonds is 8. The number of ether oxygens (including phenoxy) is 3. The molecule has 2 aromatic rings. The maximum Gasteiger partial charge on any atom is 0.191 e. The van der Waals surface area contributed by atoms with Crippen molar-refractivity contribution in [2.75, 3.05) is 27.8 Å². The molecule has 2 N–H and O–H groups in total. The van der Waals surface area contributed by atoms with Crippen LogP contribution in [0, 0.1) is 6.92 Å². The van der Waals surface area contributed by atoms with Crippen molar-refractivity contribution in [3.8, 4) is 17.2 Å². The van der Waals surface area contributed by atoms with Crippen molar-refractivity contribution in [1.82, 2.24) is 10.6 Å². The Labute approximate surface area is 184 Å². The molecule has 0 aliphatic carbocycles. The fraction of sp³-hybridized carbons (Fsp3) is 0.381. The van der Waals surface area contributed by atoms with Crippen LogP contribution in [0.1, 0.15) is 18.1 Å². The fourth-order valence-electron chi connectivity index (χ4n) is 2.68. The van der Waals surface area contributed by atoms with Gasteiger partial charge in [-0.15, -0.1) is 24.0 Å². The Morgan fingerprint density at radius 3 is 2.36 bits per heavy atom. The number of nitrogens with one attached hydrogen (secondary N) is 2. The first-order valence-corrected chi connectivity index (χ1v) is 8.95. The first-order chi connectivity index (χ1) is 13.1.